The Balaban J connectivity index is 1.49. The summed E-state index contributed by atoms with van der Waals surface area (Å²) in [5.41, 5.74) is 1.60. The molecule has 2 aromatic rings. The van der Waals surface area contributed by atoms with Gasteiger partial charge in [-0.05, 0) is 18.6 Å². The average Bonchev–Trinajstić information content (AvgIpc) is 3.16. The van der Waals surface area contributed by atoms with E-state index in [1.807, 2.05) is 6.07 Å². The minimum Gasteiger partial charge on any atom is -0.457 e. The first-order valence-corrected chi connectivity index (χ1v) is 9.22. The summed E-state index contributed by atoms with van der Waals surface area (Å²) < 4.78 is 5.01. The molecule has 1 saturated heterocycles. The van der Waals surface area contributed by atoms with Crippen LogP contribution in [0.3, 0.4) is 0 Å². The lowest BCUT2D eigenvalue weighted by atomic mass is 10.1. The molecule has 0 N–H and O–H groups in total. The lowest BCUT2D eigenvalue weighted by Crippen LogP contribution is -2.24. The van der Waals surface area contributed by atoms with Gasteiger partial charge in [0.2, 0.25) is 5.91 Å². The number of ether oxygens (including phenoxy) is 1. The number of carbonyl (C=O) groups excluding carboxylic acids is 4. The monoisotopic (exact) mass is 379 g/mol. The molecule has 1 fully saturated rings. The first-order valence-electron chi connectivity index (χ1n) is 9.22. The zero-order chi connectivity index (χ0) is 19.9. The van der Waals surface area contributed by atoms with Gasteiger partial charge < -0.3 is 9.64 Å². The number of rotatable bonds is 8. The molecule has 1 amide bonds. The van der Waals surface area contributed by atoms with Gasteiger partial charge in [0.15, 0.2) is 18.2 Å². The fraction of sp³-hybridized carbons (Fsp3) is 0.273. The van der Waals surface area contributed by atoms with Crippen LogP contribution in [0.15, 0.2) is 54.6 Å². The van der Waals surface area contributed by atoms with Gasteiger partial charge >= 0.3 is 5.97 Å². The van der Waals surface area contributed by atoms with E-state index in [-0.39, 0.29) is 30.3 Å². The SMILES string of the molecule is O=C(CCC(=O)c1ccccc1)OCC(=O)c1cccc(N2CCCC2=O)c1. The van der Waals surface area contributed by atoms with Crippen molar-refractivity contribution in [3.8, 4) is 0 Å². The third-order valence-electron chi connectivity index (χ3n) is 4.57. The number of hydrogen-bond acceptors (Lipinski definition) is 5. The predicted octanol–water partition coefficient (Wildman–Crippen LogP) is 3.20. The molecule has 6 nitrogen and oxygen atoms in total. The molecule has 1 aliphatic heterocycles. The molecule has 0 atom stereocenters. The predicted molar refractivity (Wildman–Crippen MR) is 103 cm³/mol. The lowest BCUT2D eigenvalue weighted by Gasteiger charge is -2.16. The number of Topliss-reactive ketones (excluding diaryl/α,β-unsaturated/α-hetero) is 2. The summed E-state index contributed by atoms with van der Waals surface area (Å²) in [5, 5.41) is 0. The van der Waals surface area contributed by atoms with Gasteiger partial charge in [0.25, 0.3) is 0 Å². The summed E-state index contributed by atoms with van der Waals surface area (Å²) in [4.78, 5) is 49.7. The highest BCUT2D eigenvalue weighted by atomic mass is 16.5. The van der Waals surface area contributed by atoms with Crippen LogP contribution in [0.2, 0.25) is 0 Å². The first kappa shape index (κ1) is 19.5. The Morgan fingerprint density at radius 2 is 1.64 bits per heavy atom. The second-order valence-electron chi connectivity index (χ2n) is 6.57. The minimum absolute atomic E-state index is 0.0313. The van der Waals surface area contributed by atoms with Crippen LogP contribution in [0.4, 0.5) is 5.69 Å². The van der Waals surface area contributed by atoms with Crippen molar-refractivity contribution in [2.75, 3.05) is 18.1 Å². The second kappa shape index (κ2) is 9.08. The van der Waals surface area contributed by atoms with Crippen molar-refractivity contribution in [3.63, 3.8) is 0 Å². The minimum atomic E-state index is -0.594. The Morgan fingerprint density at radius 1 is 0.893 bits per heavy atom. The van der Waals surface area contributed by atoms with Crippen molar-refractivity contribution in [1.29, 1.82) is 0 Å². The van der Waals surface area contributed by atoms with Gasteiger partial charge in [-0.25, -0.2) is 0 Å². The fourth-order valence-electron chi connectivity index (χ4n) is 3.05. The number of ketones is 2. The van der Waals surface area contributed by atoms with Gasteiger partial charge in [-0.1, -0.05) is 42.5 Å². The molecule has 0 spiro atoms. The maximum absolute atomic E-state index is 12.3. The van der Waals surface area contributed by atoms with Crippen molar-refractivity contribution in [3.05, 3.63) is 65.7 Å². The fourth-order valence-corrected chi connectivity index (χ4v) is 3.05. The number of esters is 1. The van der Waals surface area contributed by atoms with E-state index >= 15 is 0 Å². The molecule has 0 bridgehead atoms. The topological polar surface area (TPSA) is 80.8 Å². The van der Waals surface area contributed by atoms with Gasteiger partial charge in [0.05, 0.1) is 6.42 Å². The molecular weight excluding hydrogens is 358 g/mol. The van der Waals surface area contributed by atoms with Crippen molar-refractivity contribution >= 4 is 29.1 Å². The van der Waals surface area contributed by atoms with Crippen molar-refractivity contribution < 1.29 is 23.9 Å². The van der Waals surface area contributed by atoms with E-state index in [9.17, 15) is 19.2 Å². The van der Waals surface area contributed by atoms with Gasteiger partial charge in [0.1, 0.15) is 0 Å². The molecule has 6 heteroatoms. The van der Waals surface area contributed by atoms with E-state index in [0.717, 1.165) is 6.42 Å². The Bertz CT molecular complexity index is 891. The van der Waals surface area contributed by atoms with Gasteiger partial charge in [-0.3, -0.25) is 19.2 Å². The Labute approximate surface area is 163 Å². The average molecular weight is 379 g/mol. The second-order valence-corrected chi connectivity index (χ2v) is 6.57. The van der Waals surface area contributed by atoms with Crippen LogP contribution >= 0.6 is 0 Å². The number of amides is 1. The molecule has 0 aliphatic carbocycles. The van der Waals surface area contributed by atoms with Crippen LogP contribution in [0, 0.1) is 0 Å². The highest BCUT2D eigenvalue weighted by Crippen LogP contribution is 2.22. The zero-order valence-electron chi connectivity index (χ0n) is 15.4. The molecule has 0 aromatic heterocycles. The van der Waals surface area contributed by atoms with E-state index in [1.165, 1.54) is 0 Å². The van der Waals surface area contributed by atoms with E-state index in [0.29, 0.717) is 29.8 Å². The smallest absolute Gasteiger partial charge is 0.306 e. The van der Waals surface area contributed by atoms with Crippen LogP contribution < -0.4 is 4.90 Å². The molecule has 1 aliphatic rings. The number of benzene rings is 2. The third kappa shape index (κ3) is 4.91. The molecule has 0 unspecified atom stereocenters. The van der Waals surface area contributed by atoms with Crippen LogP contribution in [-0.4, -0.2) is 36.6 Å². The summed E-state index contributed by atoms with van der Waals surface area (Å²) in [7, 11) is 0. The molecule has 28 heavy (non-hydrogen) atoms. The number of nitrogens with zero attached hydrogens (tertiary/aromatic N) is 1. The van der Waals surface area contributed by atoms with Crippen molar-refractivity contribution in [2.45, 2.75) is 25.7 Å². The Kier molecular flexibility index (Phi) is 6.32. The van der Waals surface area contributed by atoms with Gasteiger partial charge in [-0.2, -0.15) is 0 Å². The highest BCUT2D eigenvalue weighted by Gasteiger charge is 2.22. The molecule has 1 heterocycles. The van der Waals surface area contributed by atoms with Crippen LogP contribution in [-0.2, 0) is 14.3 Å². The van der Waals surface area contributed by atoms with Crippen LogP contribution in [0.5, 0.6) is 0 Å². The standard InChI is InChI=1S/C22H21NO5/c24-19(16-6-2-1-3-7-16)11-12-22(27)28-15-20(25)17-8-4-9-18(14-17)23-13-5-10-21(23)26/h1-4,6-9,14H,5,10-13,15H2. The largest absolute Gasteiger partial charge is 0.457 e. The molecule has 0 saturated carbocycles. The summed E-state index contributed by atoms with van der Waals surface area (Å²) in [5.74, 6) is -1.05. The number of hydrogen-bond donors (Lipinski definition) is 0. The maximum Gasteiger partial charge on any atom is 0.306 e. The summed E-state index contributed by atoms with van der Waals surface area (Å²) in [6.07, 6.45) is 1.26. The van der Waals surface area contributed by atoms with Gasteiger partial charge in [0, 0.05) is 36.2 Å². The van der Waals surface area contributed by atoms with E-state index in [2.05, 4.69) is 0 Å². The Hall–Kier alpha value is -3.28. The van der Waals surface area contributed by atoms with E-state index in [1.54, 1.807) is 53.4 Å². The quantitative estimate of drug-likeness (QED) is 0.520. The molecule has 0 radical (unpaired) electrons. The summed E-state index contributed by atoms with van der Waals surface area (Å²) >= 11 is 0. The normalized spacial score (nSPS) is 13.4. The lowest BCUT2D eigenvalue weighted by molar-refractivity contribution is -0.142. The van der Waals surface area contributed by atoms with Crippen molar-refractivity contribution in [2.24, 2.45) is 0 Å². The maximum atomic E-state index is 12.3. The summed E-state index contributed by atoms with van der Waals surface area (Å²) in [6.45, 7) is 0.247. The zero-order valence-corrected chi connectivity index (χ0v) is 15.4. The van der Waals surface area contributed by atoms with Crippen molar-refractivity contribution in [1.82, 2.24) is 0 Å². The van der Waals surface area contributed by atoms with Gasteiger partial charge in [-0.15, -0.1) is 0 Å². The van der Waals surface area contributed by atoms with Crippen LogP contribution in [0.25, 0.3) is 0 Å². The molecular formula is C22H21NO5. The highest BCUT2D eigenvalue weighted by molar-refractivity contribution is 6.01. The molecule has 3 rings (SSSR count). The summed E-state index contributed by atoms with van der Waals surface area (Å²) in [6, 6.07) is 15.4. The third-order valence-corrected chi connectivity index (χ3v) is 4.57. The first-order chi connectivity index (χ1) is 13.5. The van der Waals surface area contributed by atoms with E-state index in [4.69, 9.17) is 4.74 Å². The molecule has 144 valence electrons. The number of anilines is 1. The Morgan fingerprint density at radius 3 is 2.36 bits per heavy atom. The number of carbonyl (C=O) groups is 4. The van der Waals surface area contributed by atoms with Crippen LogP contribution in [0.1, 0.15) is 46.4 Å². The van der Waals surface area contributed by atoms with E-state index < -0.39 is 12.6 Å². The molecule has 2 aromatic carbocycles.